The zero-order valence-corrected chi connectivity index (χ0v) is 17.7. The maximum Gasteiger partial charge on any atom is 0.262 e. The van der Waals surface area contributed by atoms with Crippen molar-refractivity contribution in [1.82, 2.24) is 4.98 Å². The molecule has 0 aliphatic rings. The van der Waals surface area contributed by atoms with E-state index in [0.29, 0.717) is 34.0 Å². The van der Waals surface area contributed by atoms with Crippen LogP contribution in [0.15, 0.2) is 70.2 Å². The molecule has 0 saturated heterocycles. The molecule has 0 radical (unpaired) electrons. The van der Waals surface area contributed by atoms with Gasteiger partial charge in [0.05, 0.1) is 19.9 Å². The Hall–Kier alpha value is -4.33. The van der Waals surface area contributed by atoms with Crippen LogP contribution in [0.3, 0.4) is 0 Å². The van der Waals surface area contributed by atoms with E-state index in [1.165, 1.54) is 19.2 Å². The van der Waals surface area contributed by atoms with E-state index in [2.05, 4.69) is 15.3 Å². The van der Waals surface area contributed by atoms with Crippen LogP contribution in [0.25, 0.3) is 11.0 Å². The summed E-state index contributed by atoms with van der Waals surface area (Å²) < 4.78 is 16.5. The number of carbonyl (C=O) groups excluding carboxylic acids is 1. The second-order valence-corrected chi connectivity index (χ2v) is 7.01. The quantitative estimate of drug-likeness (QED) is 0.487. The number of aryl methyl sites for hydroxylation is 1. The van der Waals surface area contributed by atoms with Crippen molar-refractivity contribution in [3.8, 4) is 17.2 Å². The lowest BCUT2D eigenvalue weighted by Crippen LogP contribution is -2.22. The maximum atomic E-state index is 13.1. The third kappa shape index (κ3) is 4.39. The number of phenols is 1. The highest BCUT2D eigenvalue weighted by atomic mass is 16.5. The first-order valence-corrected chi connectivity index (χ1v) is 9.74. The summed E-state index contributed by atoms with van der Waals surface area (Å²) in [5.74, 6) is 1.06. The highest BCUT2D eigenvalue weighted by molar-refractivity contribution is 6.05. The summed E-state index contributed by atoms with van der Waals surface area (Å²) in [7, 11) is 3.07. The summed E-state index contributed by atoms with van der Waals surface area (Å²) in [5.41, 5.74) is 2.13. The summed E-state index contributed by atoms with van der Waals surface area (Å²) in [6.07, 6.45) is 1.66. The predicted octanol–water partition coefficient (Wildman–Crippen LogP) is 4.34. The molecule has 8 nitrogen and oxygen atoms in total. The monoisotopic (exact) mass is 431 g/mol. The molecule has 0 unspecified atom stereocenters. The molecule has 0 atom stereocenters. The first-order chi connectivity index (χ1) is 15.5. The van der Waals surface area contributed by atoms with E-state index in [1.807, 2.05) is 13.0 Å². The molecule has 4 rings (SSSR count). The number of ether oxygens (including phenoxy) is 2. The summed E-state index contributed by atoms with van der Waals surface area (Å²) in [4.78, 5) is 21.8. The molecule has 32 heavy (non-hydrogen) atoms. The second-order valence-electron chi connectivity index (χ2n) is 7.01. The van der Waals surface area contributed by atoms with Crippen LogP contribution in [0.5, 0.6) is 17.2 Å². The fraction of sp³-hybridized carbons (Fsp3) is 0.125. The fourth-order valence-corrected chi connectivity index (χ4v) is 3.09. The van der Waals surface area contributed by atoms with Crippen molar-refractivity contribution >= 4 is 28.4 Å². The van der Waals surface area contributed by atoms with E-state index in [9.17, 15) is 9.90 Å². The number of amides is 1. The number of methoxy groups -OCH3 is 2. The summed E-state index contributed by atoms with van der Waals surface area (Å²) in [6.45, 7) is 1.91. The molecule has 2 heterocycles. The largest absolute Gasteiger partial charge is 0.508 e. The lowest BCUT2D eigenvalue weighted by molar-refractivity contribution is 0.102. The van der Waals surface area contributed by atoms with Gasteiger partial charge in [0.1, 0.15) is 22.7 Å². The Morgan fingerprint density at radius 1 is 1.03 bits per heavy atom. The molecule has 0 bridgehead atoms. The Bertz CT molecular complexity index is 1360. The Morgan fingerprint density at radius 2 is 1.84 bits per heavy atom. The SMILES string of the molecule is COc1ccc(N=c2oc3cc(O)ccc3cc2C(=O)Nc2ccc(C)cn2)cc1OC. The van der Waals surface area contributed by atoms with Gasteiger partial charge in [-0.2, -0.15) is 0 Å². The average Bonchev–Trinajstić information content (AvgIpc) is 2.80. The Balaban J connectivity index is 1.85. The maximum absolute atomic E-state index is 13.1. The Morgan fingerprint density at radius 3 is 2.56 bits per heavy atom. The zero-order valence-electron chi connectivity index (χ0n) is 17.7. The van der Waals surface area contributed by atoms with Crippen molar-refractivity contribution in [2.75, 3.05) is 19.5 Å². The topological polar surface area (TPSA) is 106 Å². The van der Waals surface area contributed by atoms with Crippen molar-refractivity contribution in [1.29, 1.82) is 0 Å². The molecule has 2 N–H and O–H groups in total. The molecule has 0 spiro atoms. The van der Waals surface area contributed by atoms with E-state index < -0.39 is 5.91 Å². The molecule has 0 fully saturated rings. The first-order valence-electron chi connectivity index (χ1n) is 9.74. The lowest BCUT2D eigenvalue weighted by Gasteiger charge is -2.08. The minimum Gasteiger partial charge on any atom is -0.508 e. The number of fused-ring (bicyclic) bond motifs is 1. The molecular formula is C24H21N3O5. The van der Waals surface area contributed by atoms with E-state index in [1.54, 1.807) is 49.7 Å². The minimum atomic E-state index is -0.431. The smallest absolute Gasteiger partial charge is 0.262 e. The van der Waals surface area contributed by atoms with Crippen LogP contribution in [0.4, 0.5) is 11.5 Å². The number of hydrogen-bond acceptors (Lipinski definition) is 7. The van der Waals surface area contributed by atoms with Crippen molar-refractivity contribution in [2.24, 2.45) is 4.99 Å². The minimum absolute atomic E-state index is 0.0411. The number of nitrogens with one attached hydrogen (secondary N) is 1. The summed E-state index contributed by atoms with van der Waals surface area (Å²) in [5, 5.41) is 13.2. The van der Waals surface area contributed by atoms with E-state index in [-0.39, 0.29) is 16.9 Å². The van der Waals surface area contributed by atoms with Crippen LogP contribution in [0.2, 0.25) is 0 Å². The number of rotatable bonds is 5. The molecule has 4 aromatic rings. The number of benzene rings is 2. The van der Waals surface area contributed by atoms with Crippen LogP contribution in [-0.4, -0.2) is 30.2 Å². The van der Waals surface area contributed by atoms with Gasteiger partial charge in [0.25, 0.3) is 5.91 Å². The van der Waals surface area contributed by atoms with Gasteiger partial charge in [0, 0.05) is 23.7 Å². The predicted molar refractivity (Wildman–Crippen MR) is 120 cm³/mol. The van der Waals surface area contributed by atoms with Crippen LogP contribution >= 0.6 is 0 Å². The van der Waals surface area contributed by atoms with Crippen molar-refractivity contribution in [3.63, 3.8) is 0 Å². The van der Waals surface area contributed by atoms with Gasteiger partial charge in [-0.25, -0.2) is 9.98 Å². The van der Waals surface area contributed by atoms with Gasteiger partial charge in [-0.15, -0.1) is 0 Å². The van der Waals surface area contributed by atoms with Gasteiger partial charge in [-0.3, -0.25) is 4.79 Å². The first kappa shape index (κ1) is 20.9. The Labute approximate surface area is 183 Å². The molecule has 0 saturated carbocycles. The molecule has 8 heteroatoms. The number of pyridine rings is 1. The van der Waals surface area contributed by atoms with Crippen LogP contribution in [-0.2, 0) is 0 Å². The van der Waals surface area contributed by atoms with Gasteiger partial charge >= 0.3 is 0 Å². The number of phenolic OH excluding ortho intramolecular Hbond substituents is 1. The van der Waals surface area contributed by atoms with Gasteiger partial charge in [0.2, 0.25) is 5.55 Å². The van der Waals surface area contributed by atoms with Crippen LogP contribution in [0.1, 0.15) is 15.9 Å². The normalized spacial score (nSPS) is 11.4. The molecule has 0 aliphatic heterocycles. The van der Waals surface area contributed by atoms with Gasteiger partial charge in [0.15, 0.2) is 11.5 Å². The highest BCUT2D eigenvalue weighted by Gasteiger charge is 2.15. The molecule has 162 valence electrons. The van der Waals surface area contributed by atoms with E-state index in [0.717, 1.165) is 5.56 Å². The van der Waals surface area contributed by atoms with Gasteiger partial charge < -0.3 is 24.3 Å². The number of nitrogens with zero attached hydrogens (tertiary/aromatic N) is 2. The summed E-state index contributed by atoms with van der Waals surface area (Å²) >= 11 is 0. The van der Waals surface area contributed by atoms with Crippen LogP contribution in [0, 0.1) is 6.92 Å². The van der Waals surface area contributed by atoms with E-state index in [4.69, 9.17) is 13.9 Å². The third-order valence-electron chi connectivity index (χ3n) is 4.73. The molecule has 2 aromatic heterocycles. The fourth-order valence-electron chi connectivity index (χ4n) is 3.09. The number of hydrogen-bond donors (Lipinski definition) is 2. The van der Waals surface area contributed by atoms with Crippen molar-refractivity contribution in [2.45, 2.75) is 6.92 Å². The molecule has 2 aromatic carbocycles. The van der Waals surface area contributed by atoms with Crippen molar-refractivity contribution < 1.29 is 23.8 Å². The van der Waals surface area contributed by atoms with Crippen LogP contribution < -0.4 is 20.3 Å². The number of aromatic nitrogens is 1. The zero-order chi connectivity index (χ0) is 22.7. The number of anilines is 1. The van der Waals surface area contributed by atoms with E-state index >= 15 is 0 Å². The molecular weight excluding hydrogens is 410 g/mol. The summed E-state index contributed by atoms with van der Waals surface area (Å²) in [6, 6.07) is 15.0. The highest BCUT2D eigenvalue weighted by Crippen LogP contribution is 2.31. The average molecular weight is 431 g/mol. The standard InChI is InChI=1S/C24H21N3O5/c1-14-4-9-22(25-13-14)27-23(29)18-10-15-5-7-17(28)12-20(15)32-24(18)26-16-6-8-19(30-2)21(11-16)31-3/h4-13,28H,1-3H3,(H,25,27,29). The van der Waals surface area contributed by atoms with Gasteiger partial charge in [-0.1, -0.05) is 6.07 Å². The second kappa shape index (κ2) is 8.81. The lowest BCUT2D eigenvalue weighted by atomic mass is 10.1. The molecule has 0 aliphatic carbocycles. The number of carbonyl (C=O) groups is 1. The van der Waals surface area contributed by atoms with Gasteiger partial charge in [-0.05, 0) is 48.9 Å². The number of aromatic hydroxyl groups is 1. The Kier molecular flexibility index (Phi) is 5.76. The third-order valence-corrected chi connectivity index (χ3v) is 4.73. The van der Waals surface area contributed by atoms with Crippen molar-refractivity contribution in [3.05, 3.63) is 77.5 Å². The molecule has 1 amide bonds.